The highest BCUT2D eigenvalue weighted by Gasteiger charge is 2.39. The van der Waals surface area contributed by atoms with Crippen LogP contribution in [-0.2, 0) is 17.8 Å². The van der Waals surface area contributed by atoms with Crippen molar-refractivity contribution in [1.29, 1.82) is 0 Å². The Labute approximate surface area is 139 Å². The zero-order valence-corrected chi connectivity index (χ0v) is 14.8. The topological polar surface area (TPSA) is 50.2 Å². The number of piperidine rings is 2. The summed E-state index contributed by atoms with van der Waals surface area (Å²) in [7, 11) is 0. The van der Waals surface area contributed by atoms with Gasteiger partial charge in [0.15, 0.2) is 0 Å². The van der Waals surface area contributed by atoms with Gasteiger partial charge in [-0.1, -0.05) is 0 Å². The number of nitrogens with zero attached hydrogens (tertiary/aromatic N) is 3. The molecule has 0 aliphatic carbocycles. The standard InChI is InChI=1S/C18H30N4O/c1-4-22-15(3)16(14(2)20-22)6-12-21-13-18(7-5-17(21)23)8-10-19-11-9-18/h19H,4-13H2,1-3H3. The summed E-state index contributed by atoms with van der Waals surface area (Å²) in [5, 5.41) is 8.05. The number of rotatable bonds is 4. The summed E-state index contributed by atoms with van der Waals surface area (Å²) in [5.41, 5.74) is 4.07. The zero-order valence-electron chi connectivity index (χ0n) is 14.8. The van der Waals surface area contributed by atoms with E-state index >= 15 is 0 Å². The van der Waals surface area contributed by atoms with E-state index in [4.69, 9.17) is 0 Å². The lowest BCUT2D eigenvalue weighted by atomic mass is 9.72. The average molecular weight is 318 g/mol. The molecule has 5 nitrogen and oxygen atoms in total. The number of carbonyl (C=O) groups is 1. The fourth-order valence-electron chi connectivity index (χ4n) is 4.32. The van der Waals surface area contributed by atoms with Gasteiger partial charge >= 0.3 is 0 Å². The predicted octanol–water partition coefficient (Wildman–Crippen LogP) is 2.05. The van der Waals surface area contributed by atoms with Gasteiger partial charge in [-0.2, -0.15) is 5.10 Å². The molecule has 1 N–H and O–H groups in total. The number of hydrogen-bond donors (Lipinski definition) is 1. The summed E-state index contributed by atoms with van der Waals surface area (Å²) in [6.07, 6.45) is 5.16. The number of hydrogen-bond acceptors (Lipinski definition) is 3. The third-order valence-electron chi connectivity index (χ3n) is 5.87. The minimum atomic E-state index is 0.340. The molecule has 2 saturated heterocycles. The molecule has 0 bridgehead atoms. The molecule has 0 radical (unpaired) electrons. The molecule has 1 aromatic heterocycles. The molecule has 3 rings (SSSR count). The van der Waals surface area contributed by atoms with Crippen molar-refractivity contribution in [3.8, 4) is 0 Å². The quantitative estimate of drug-likeness (QED) is 0.924. The van der Waals surface area contributed by atoms with E-state index in [1.165, 1.54) is 24.1 Å². The van der Waals surface area contributed by atoms with Crippen molar-refractivity contribution in [3.63, 3.8) is 0 Å². The smallest absolute Gasteiger partial charge is 0.222 e. The molecule has 0 unspecified atom stereocenters. The minimum Gasteiger partial charge on any atom is -0.342 e. The number of aryl methyl sites for hydroxylation is 2. The average Bonchev–Trinajstić information content (AvgIpc) is 2.83. The molecule has 3 heterocycles. The molecule has 1 amide bonds. The molecular formula is C18H30N4O. The van der Waals surface area contributed by atoms with E-state index in [0.717, 1.165) is 57.7 Å². The van der Waals surface area contributed by atoms with E-state index in [2.05, 4.69) is 40.8 Å². The normalized spacial score (nSPS) is 21.2. The molecule has 1 spiro atoms. The summed E-state index contributed by atoms with van der Waals surface area (Å²) >= 11 is 0. The highest BCUT2D eigenvalue weighted by molar-refractivity contribution is 5.77. The first-order valence-electron chi connectivity index (χ1n) is 9.06. The SMILES string of the molecule is CCn1nc(C)c(CCN2CC3(CCNCC3)CCC2=O)c1C. The van der Waals surface area contributed by atoms with E-state index in [0.29, 0.717) is 11.3 Å². The number of carbonyl (C=O) groups excluding carboxylic acids is 1. The number of amides is 1. The van der Waals surface area contributed by atoms with Crippen LogP contribution in [-0.4, -0.2) is 46.8 Å². The lowest BCUT2D eigenvalue weighted by molar-refractivity contribution is -0.138. The molecule has 0 atom stereocenters. The maximum atomic E-state index is 12.4. The Kier molecular flexibility index (Phi) is 4.76. The third kappa shape index (κ3) is 3.30. The number of nitrogens with one attached hydrogen (secondary N) is 1. The van der Waals surface area contributed by atoms with E-state index in [-0.39, 0.29) is 0 Å². The summed E-state index contributed by atoms with van der Waals surface area (Å²) in [5.74, 6) is 0.340. The van der Waals surface area contributed by atoms with Gasteiger partial charge in [0.2, 0.25) is 5.91 Å². The largest absolute Gasteiger partial charge is 0.342 e. The van der Waals surface area contributed by atoms with Crippen LogP contribution in [0.1, 0.15) is 49.6 Å². The molecule has 0 aromatic carbocycles. The van der Waals surface area contributed by atoms with Gasteiger partial charge < -0.3 is 10.2 Å². The second-order valence-corrected chi connectivity index (χ2v) is 7.28. The Hall–Kier alpha value is -1.36. The van der Waals surface area contributed by atoms with Crippen LogP contribution < -0.4 is 5.32 Å². The van der Waals surface area contributed by atoms with Crippen LogP contribution >= 0.6 is 0 Å². The minimum absolute atomic E-state index is 0.340. The fraction of sp³-hybridized carbons (Fsp3) is 0.778. The second kappa shape index (κ2) is 6.63. The number of likely N-dealkylation sites (tertiary alicyclic amines) is 1. The summed E-state index contributed by atoms with van der Waals surface area (Å²) < 4.78 is 2.07. The van der Waals surface area contributed by atoms with Crippen LogP contribution in [0, 0.1) is 19.3 Å². The highest BCUT2D eigenvalue weighted by Crippen LogP contribution is 2.38. The van der Waals surface area contributed by atoms with Crippen molar-refractivity contribution in [2.45, 2.75) is 59.4 Å². The summed E-state index contributed by atoms with van der Waals surface area (Å²) in [6, 6.07) is 0. The van der Waals surface area contributed by atoms with Gasteiger partial charge in [-0.3, -0.25) is 9.48 Å². The molecule has 2 aliphatic rings. The van der Waals surface area contributed by atoms with Crippen molar-refractivity contribution in [1.82, 2.24) is 20.0 Å². The van der Waals surface area contributed by atoms with Crippen molar-refractivity contribution < 1.29 is 4.79 Å². The Bertz CT molecular complexity index is 572. The van der Waals surface area contributed by atoms with E-state index in [9.17, 15) is 4.79 Å². The summed E-state index contributed by atoms with van der Waals surface area (Å²) in [4.78, 5) is 14.5. The van der Waals surface area contributed by atoms with Crippen LogP contribution in [0.15, 0.2) is 0 Å². The monoisotopic (exact) mass is 318 g/mol. The van der Waals surface area contributed by atoms with Crippen LogP contribution in [0.2, 0.25) is 0 Å². The number of aromatic nitrogens is 2. The first kappa shape index (κ1) is 16.5. The maximum Gasteiger partial charge on any atom is 0.222 e. The van der Waals surface area contributed by atoms with Gasteiger partial charge in [0.05, 0.1) is 5.69 Å². The molecular weight excluding hydrogens is 288 g/mol. The van der Waals surface area contributed by atoms with Crippen molar-refractivity contribution in [2.24, 2.45) is 5.41 Å². The molecule has 23 heavy (non-hydrogen) atoms. The molecule has 5 heteroatoms. The zero-order chi connectivity index (χ0) is 16.4. The van der Waals surface area contributed by atoms with Crippen molar-refractivity contribution in [2.75, 3.05) is 26.2 Å². The second-order valence-electron chi connectivity index (χ2n) is 7.28. The van der Waals surface area contributed by atoms with Gasteiger partial charge in [-0.15, -0.1) is 0 Å². The Morgan fingerprint density at radius 3 is 2.61 bits per heavy atom. The molecule has 2 aliphatic heterocycles. The lowest BCUT2D eigenvalue weighted by Crippen LogP contribution is -2.51. The Balaban J connectivity index is 1.67. The van der Waals surface area contributed by atoms with Crippen LogP contribution in [0.5, 0.6) is 0 Å². The Morgan fingerprint density at radius 1 is 1.22 bits per heavy atom. The maximum absolute atomic E-state index is 12.4. The van der Waals surface area contributed by atoms with Gasteiger partial charge in [-0.25, -0.2) is 0 Å². The van der Waals surface area contributed by atoms with E-state index in [1.807, 2.05) is 0 Å². The van der Waals surface area contributed by atoms with E-state index < -0.39 is 0 Å². The first-order chi connectivity index (χ1) is 11.0. The van der Waals surface area contributed by atoms with Crippen molar-refractivity contribution >= 4 is 5.91 Å². The summed E-state index contributed by atoms with van der Waals surface area (Å²) in [6.45, 7) is 11.3. The third-order valence-corrected chi connectivity index (χ3v) is 5.87. The van der Waals surface area contributed by atoms with Gasteiger partial charge in [0.25, 0.3) is 0 Å². The molecule has 0 saturated carbocycles. The molecule has 128 valence electrons. The predicted molar refractivity (Wildman–Crippen MR) is 91.4 cm³/mol. The molecule has 2 fully saturated rings. The first-order valence-corrected chi connectivity index (χ1v) is 9.06. The van der Waals surface area contributed by atoms with Gasteiger partial charge in [-0.05, 0) is 70.5 Å². The van der Waals surface area contributed by atoms with Crippen LogP contribution in [0.25, 0.3) is 0 Å². The van der Waals surface area contributed by atoms with E-state index in [1.54, 1.807) is 0 Å². The van der Waals surface area contributed by atoms with Crippen LogP contribution in [0.3, 0.4) is 0 Å². The molecule has 1 aromatic rings. The van der Waals surface area contributed by atoms with Gasteiger partial charge in [0.1, 0.15) is 0 Å². The van der Waals surface area contributed by atoms with Crippen LogP contribution in [0.4, 0.5) is 0 Å². The van der Waals surface area contributed by atoms with Crippen molar-refractivity contribution in [3.05, 3.63) is 17.0 Å². The Morgan fingerprint density at radius 2 is 1.96 bits per heavy atom. The van der Waals surface area contributed by atoms with Gasteiger partial charge in [0, 0.05) is 31.7 Å². The lowest BCUT2D eigenvalue weighted by Gasteiger charge is -2.45. The highest BCUT2D eigenvalue weighted by atomic mass is 16.2. The fourth-order valence-corrected chi connectivity index (χ4v) is 4.32.